The van der Waals surface area contributed by atoms with Crippen molar-refractivity contribution in [3.05, 3.63) is 72.2 Å². The lowest BCUT2D eigenvalue weighted by atomic mass is 10.0. The second-order valence-corrected chi connectivity index (χ2v) is 8.14. The molecule has 164 valence electrons. The summed E-state index contributed by atoms with van der Waals surface area (Å²) >= 11 is 0. The summed E-state index contributed by atoms with van der Waals surface area (Å²) in [6, 6.07) is 17.5. The van der Waals surface area contributed by atoms with Crippen LogP contribution in [0.15, 0.2) is 60.8 Å². The average Bonchev–Trinajstić information content (AvgIpc) is 2.81. The van der Waals surface area contributed by atoms with Crippen molar-refractivity contribution in [2.75, 3.05) is 6.61 Å². The van der Waals surface area contributed by atoms with Crippen molar-refractivity contribution < 1.29 is 9.13 Å². The SMILES string of the molecule is CCCCCCCOc1ccc(-c2ccc(-c3ccc(CCCC)cc3F)nc2)cc1. The molecule has 2 nitrogen and oxygen atoms in total. The summed E-state index contributed by atoms with van der Waals surface area (Å²) in [7, 11) is 0. The highest BCUT2D eigenvalue weighted by Gasteiger charge is 2.08. The minimum absolute atomic E-state index is 0.204. The number of halogens is 1. The van der Waals surface area contributed by atoms with E-state index in [1.165, 1.54) is 25.7 Å². The molecule has 0 atom stereocenters. The maximum atomic E-state index is 14.6. The number of hydrogen-bond donors (Lipinski definition) is 0. The Hall–Kier alpha value is -2.68. The van der Waals surface area contributed by atoms with E-state index in [-0.39, 0.29) is 5.82 Å². The van der Waals surface area contributed by atoms with Crippen molar-refractivity contribution in [1.82, 2.24) is 4.98 Å². The monoisotopic (exact) mass is 419 g/mol. The molecule has 0 N–H and O–H groups in total. The molecule has 0 saturated carbocycles. The number of ether oxygens (including phenoxy) is 1. The number of unbranched alkanes of at least 4 members (excludes halogenated alkanes) is 5. The Balaban J connectivity index is 1.58. The van der Waals surface area contributed by atoms with E-state index in [4.69, 9.17) is 4.74 Å². The molecule has 0 aliphatic carbocycles. The first kappa shape index (κ1) is 23.0. The summed E-state index contributed by atoms with van der Waals surface area (Å²) in [6.45, 7) is 5.14. The van der Waals surface area contributed by atoms with Crippen LogP contribution in [-0.4, -0.2) is 11.6 Å². The van der Waals surface area contributed by atoms with Crippen LogP contribution < -0.4 is 4.74 Å². The molecule has 3 rings (SSSR count). The van der Waals surface area contributed by atoms with Crippen LogP contribution in [0.1, 0.15) is 64.4 Å². The van der Waals surface area contributed by atoms with Gasteiger partial charge in [-0.15, -0.1) is 0 Å². The zero-order chi connectivity index (χ0) is 21.9. The number of nitrogens with zero attached hydrogens (tertiary/aromatic N) is 1. The zero-order valence-corrected chi connectivity index (χ0v) is 18.9. The molecular formula is C28H34FNO. The van der Waals surface area contributed by atoms with Gasteiger partial charge < -0.3 is 4.74 Å². The molecule has 0 amide bonds. The van der Waals surface area contributed by atoms with E-state index in [1.807, 2.05) is 54.7 Å². The molecule has 0 radical (unpaired) electrons. The molecule has 3 aromatic rings. The van der Waals surface area contributed by atoms with Crippen LogP contribution in [0.4, 0.5) is 4.39 Å². The van der Waals surface area contributed by atoms with Crippen molar-refractivity contribution in [1.29, 1.82) is 0 Å². The normalized spacial score (nSPS) is 10.9. The van der Waals surface area contributed by atoms with Crippen LogP contribution in [0.3, 0.4) is 0 Å². The van der Waals surface area contributed by atoms with E-state index in [1.54, 1.807) is 6.07 Å². The number of hydrogen-bond acceptors (Lipinski definition) is 2. The number of benzene rings is 2. The molecule has 0 aliphatic rings. The Bertz CT molecular complexity index is 919. The molecule has 1 aromatic heterocycles. The minimum Gasteiger partial charge on any atom is -0.494 e. The van der Waals surface area contributed by atoms with Crippen molar-refractivity contribution in [3.8, 4) is 28.1 Å². The zero-order valence-electron chi connectivity index (χ0n) is 18.9. The van der Waals surface area contributed by atoms with Crippen molar-refractivity contribution >= 4 is 0 Å². The fourth-order valence-electron chi connectivity index (χ4n) is 3.67. The van der Waals surface area contributed by atoms with E-state index in [9.17, 15) is 4.39 Å². The summed E-state index contributed by atoms with van der Waals surface area (Å²) in [5.41, 5.74) is 4.34. The van der Waals surface area contributed by atoms with Crippen LogP contribution in [0, 0.1) is 5.82 Å². The first-order chi connectivity index (χ1) is 15.2. The van der Waals surface area contributed by atoms with E-state index in [0.29, 0.717) is 11.3 Å². The summed E-state index contributed by atoms with van der Waals surface area (Å²) in [5, 5.41) is 0. The van der Waals surface area contributed by atoms with Gasteiger partial charge in [-0.1, -0.05) is 70.2 Å². The molecule has 3 heteroatoms. The van der Waals surface area contributed by atoms with Crippen LogP contribution >= 0.6 is 0 Å². The van der Waals surface area contributed by atoms with Gasteiger partial charge in [0.05, 0.1) is 12.3 Å². The predicted molar refractivity (Wildman–Crippen MR) is 128 cm³/mol. The Labute approximate surface area is 186 Å². The minimum atomic E-state index is -0.204. The van der Waals surface area contributed by atoms with E-state index < -0.39 is 0 Å². The average molecular weight is 420 g/mol. The van der Waals surface area contributed by atoms with Gasteiger partial charge in [0.2, 0.25) is 0 Å². The largest absolute Gasteiger partial charge is 0.494 e. The molecule has 0 bridgehead atoms. The van der Waals surface area contributed by atoms with Crippen LogP contribution in [0.5, 0.6) is 5.75 Å². The molecule has 2 aromatic carbocycles. The van der Waals surface area contributed by atoms with Gasteiger partial charge in [-0.2, -0.15) is 0 Å². The number of rotatable bonds is 12. The van der Waals surface area contributed by atoms with Gasteiger partial charge in [-0.05, 0) is 60.7 Å². The lowest BCUT2D eigenvalue weighted by Crippen LogP contribution is -1.97. The van der Waals surface area contributed by atoms with Crippen molar-refractivity contribution in [3.63, 3.8) is 0 Å². The predicted octanol–water partition coefficient (Wildman–Crippen LogP) is 8.25. The van der Waals surface area contributed by atoms with E-state index in [0.717, 1.165) is 54.7 Å². The van der Waals surface area contributed by atoms with Gasteiger partial charge in [-0.25, -0.2) is 4.39 Å². The standard InChI is InChI=1S/C28H34FNO/c1-3-5-7-8-9-19-31-25-15-12-23(13-16-25)24-14-18-28(30-21-24)26-17-11-22(10-6-4-2)20-27(26)29/h11-18,20-21H,3-10,19H2,1-2H3. The third-order valence-corrected chi connectivity index (χ3v) is 5.60. The summed E-state index contributed by atoms with van der Waals surface area (Å²) < 4.78 is 20.4. The third-order valence-electron chi connectivity index (χ3n) is 5.60. The van der Waals surface area contributed by atoms with Crippen molar-refractivity contribution in [2.24, 2.45) is 0 Å². The molecule has 0 fully saturated rings. The van der Waals surface area contributed by atoms with Crippen molar-refractivity contribution in [2.45, 2.75) is 65.2 Å². The van der Waals surface area contributed by atoms with E-state index >= 15 is 0 Å². The topological polar surface area (TPSA) is 22.1 Å². The van der Waals surface area contributed by atoms with E-state index in [2.05, 4.69) is 18.8 Å². The van der Waals surface area contributed by atoms with Gasteiger partial charge in [0.15, 0.2) is 0 Å². The smallest absolute Gasteiger partial charge is 0.132 e. The summed E-state index contributed by atoms with van der Waals surface area (Å²) in [4.78, 5) is 4.51. The van der Waals surface area contributed by atoms with Gasteiger partial charge >= 0.3 is 0 Å². The lowest BCUT2D eigenvalue weighted by Gasteiger charge is -2.09. The van der Waals surface area contributed by atoms with Crippen LogP contribution in [0.25, 0.3) is 22.4 Å². The molecular weight excluding hydrogens is 385 g/mol. The van der Waals surface area contributed by atoms with Gasteiger partial charge in [-0.3, -0.25) is 4.98 Å². The summed E-state index contributed by atoms with van der Waals surface area (Å²) in [6.07, 6.45) is 11.1. The first-order valence-electron chi connectivity index (χ1n) is 11.7. The molecule has 31 heavy (non-hydrogen) atoms. The van der Waals surface area contributed by atoms with Crippen LogP contribution in [0.2, 0.25) is 0 Å². The number of aryl methyl sites for hydroxylation is 1. The third kappa shape index (κ3) is 6.92. The maximum absolute atomic E-state index is 14.6. The quantitative estimate of drug-likeness (QED) is 0.276. The highest BCUT2D eigenvalue weighted by molar-refractivity contribution is 5.67. The fourth-order valence-corrected chi connectivity index (χ4v) is 3.67. The van der Waals surface area contributed by atoms with Gasteiger partial charge in [0.1, 0.15) is 11.6 Å². The number of aromatic nitrogens is 1. The number of pyridine rings is 1. The molecule has 0 saturated heterocycles. The van der Waals surface area contributed by atoms with Crippen LogP contribution in [-0.2, 0) is 6.42 Å². The molecule has 0 spiro atoms. The van der Waals surface area contributed by atoms with Gasteiger partial charge in [0.25, 0.3) is 0 Å². The fraction of sp³-hybridized carbons (Fsp3) is 0.393. The Morgan fingerprint density at radius 1 is 0.774 bits per heavy atom. The highest BCUT2D eigenvalue weighted by atomic mass is 19.1. The Kier molecular flexibility index (Phi) is 9.08. The van der Waals surface area contributed by atoms with Gasteiger partial charge in [0, 0.05) is 17.3 Å². The highest BCUT2D eigenvalue weighted by Crippen LogP contribution is 2.26. The second kappa shape index (κ2) is 12.2. The Morgan fingerprint density at radius 3 is 2.19 bits per heavy atom. The molecule has 1 heterocycles. The second-order valence-electron chi connectivity index (χ2n) is 8.14. The Morgan fingerprint density at radius 2 is 1.52 bits per heavy atom. The maximum Gasteiger partial charge on any atom is 0.132 e. The molecule has 0 unspecified atom stereocenters. The first-order valence-corrected chi connectivity index (χ1v) is 11.7. The summed E-state index contributed by atoms with van der Waals surface area (Å²) in [5.74, 6) is 0.694. The lowest BCUT2D eigenvalue weighted by molar-refractivity contribution is 0.304. The molecule has 0 aliphatic heterocycles.